The molecule has 2 atom stereocenters. The van der Waals surface area contributed by atoms with Gasteiger partial charge in [0.15, 0.2) is 0 Å². The molecule has 1 aromatic heterocycles. The third-order valence-corrected chi connectivity index (χ3v) is 4.21. The smallest absolute Gasteiger partial charge is 0.134 e. The van der Waals surface area contributed by atoms with E-state index in [1.807, 2.05) is 39.0 Å². The standard InChI is InChI=1S/C14H14O.C7H8.C2H6/c1-3-5-10-12(4-2)15-13-7-6-9-8-11(9)14(10)13;1-7-5-3-2-4-6-7;1-2/h3-7,9,11H,2,8H2,1H3;2-6H,1H3;1-2H3/b5-3-;;. The Kier molecular flexibility index (Phi) is 6.43. The Hall–Kier alpha value is -2.28. The summed E-state index contributed by atoms with van der Waals surface area (Å²) in [6.07, 6.45) is 11.7. The third-order valence-electron chi connectivity index (χ3n) is 4.21. The van der Waals surface area contributed by atoms with Gasteiger partial charge in [-0.1, -0.05) is 74.5 Å². The van der Waals surface area contributed by atoms with Crippen LogP contribution in [0.3, 0.4) is 0 Å². The summed E-state index contributed by atoms with van der Waals surface area (Å²) in [7, 11) is 0. The van der Waals surface area contributed by atoms with E-state index in [2.05, 4.69) is 49.9 Å². The average Bonchev–Trinajstić information content (AvgIpc) is 3.33. The van der Waals surface area contributed by atoms with Crippen molar-refractivity contribution in [1.29, 1.82) is 0 Å². The zero-order valence-electron chi connectivity index (χ0n) is 15.3. The van der Waals surface area contributed by atoms with Crippen molar-refractivity contribution in [3.8, 4) is 0 Å². The van der Waals surface area contributed by atoms with Gasteiger partial charge in [0, 0.05) is 11.1 Å². The molecule has 2 aliphatic carbocycles. The summed E-state index contributed by atoms with van der Waals surface area (Å²) in [5.74, 6) is 3.41. The highest BCUT2D eigenvalue weighted by molar-refractivity contribution is 5.72. The van der Waals surface area contributed by atoms with Crippen LogP contribution in [0.25, 0.3) is 18.2 Å². The lowest BCUT2D eigenvalue weighted by atomic mass is 9.98. The van der Waals surface area contributed by atoms with Crippen LogP contribution in [0.2, 0.25) is 0 Å². The van der Waals surface area contributed by atoms with Gasteiger partial charge in [0.05, 0.1) is 0 Å². The molecular formula is C23H28O. The lowest BCUT2D eigenvalue weighted by Gasteiger charge is -2.02. The van der Waals surface area contributed by atoms with Gasteiger partial charge in [-0.3, -0.25) is 0 Å². The van der Waals surface area contributed by atoms with Crippen molar-refractivity contribution in [3.05, 3.63) is 77.3 Å². The zero-order chi connectivity index (χ0) is 17.5. The van der Waals surface area contributed by atoms with Gasteiger partial charge >= 0.3 is 0 Å². The van der Waals surface area contributed by atoms with Crippen LogP contribution in [0.4, 0.5) is 0 Å². The van der Waals surface area contributed by atoms with Crippen LogP contribution < -0.4 is 0 Å². The minimum atomic E-state index is 0.702. The summed E-state index contributed by atoms with van der Waals surface area (Å²) in [6.45, 7) is 11.9. The number of furan rings is 1. The lowest BCUT2D eigenvalue weighted by Crippen LogP contribution is -1.90. The molecule has 0 spiro atoms. The molecule has 0 amide bonds. The van der Waals surface area contributed by atoms with Gasteiger partial charge in [-0.15, -0.1) is 0 Å². The van der Waals surface area contributed by atoms with Crippen molar-refractivity contribution in [2.45, 2.75) is 40.0 Å². The van der Waals surface area contributed by atoms with Crippen LogP contribution in [0.5, 0.6) is 0 Å². The Morgan fingerprint density at radius 3 is 2.42 bits per heavy atom. The normalized spacial score (nSPS) is 19.3. The molecule has 0 aliphatic heterocycles. The van der Waals surface area contributed by atoms with E-state index in [9.17, 15) is 0 Å². The molecular weight excluding hydrogens is 292 g/mol. The summed E-state index contributed by atoms with van der Waals surface area (Å²) in [5, 5.41) is 0. The topological polar surface area (TPSA) is 13.1 Å². The molecule has 1 aromatic carbocycles. The minimum Gasteiger partial charge on any atom is -0.456 e. The number of hydrogen-bond donors (Lipinski definition) is 0. The second-order valence-corrected chi connectivity index (χ2v) is 5.88. The molecule has 0 N–H and O–H groups in total. The highest BCUT2D eigenvalue weighted by Crippen LogP contribution is 2.55. The number of hydrogen-bond acceptors (Lipinski definition) is 1. The van der Waals surface area contributed by atoms with Crippen molar-refractivity contribution >= 4 is 18.2 Å². The zero-order valence-corrected chi connectivity index (χ0v) is 15.3. The molecule has 0 radical (unpaired) electrons. The van der Waals surface area contributed by atoms with Crippen LogP contribution in [-0.2, 0) is 0 Å². The van der Waals surface area contributed by atoms with Crippen molar-refractivity contribution in [2.24, 2.45) is 5.92 Å². The largest absolute Gasteiger partial charge is 0.456 e. The van der Waals surface area contributed by atoms with E-state index in [1.165, 1.54) is 23.1 Å². The molecule has 1 heteroatoms. The molecule has 0 bridgehead atoms. The van der Waals surface area contributed by atoms with Gasteiger partial charge in [0.2, 0.25) is 0 Å². The average molecular weight is 320 g/mol. The van der Waals surface area contributed by atoms with E-state index in [0.717, 1.165) is 17.4 Å². The number of aryl methyl sites for hydroxylation is 1. The van der Waals surface area contributed by atoms with E-state index < -0.39 is 0 Å². The van der Waals surface area contributed by atoms with Crippen LogP contribution >= 0.6 is 0 Å². The summed E-state index contributed by atoms with van der Waals surface area (Å²) in [6, 6.07) is 10.3. The molecule has 1 heterocycles. The molecule has 2 aliphatic rings. The van der Waals surface area contributed by atoms with Gasteiger partial charge < -0.3 is 4.42 Å². The predicted molar refractivity (Wildman–Crippen MR) is 106 cm³/mol. The van der Waals surface area contributed by atoms with Gasteiger partial charge in [-0.05, 0) is 44.3 Å². The second-order valence-electron chi connectivity index (χ2n) is 5.88. The Balaban J connectivity index is 0.000000196. The number of benzene rings is 1. The Morgan fingerprint density at radius 1 is 1.17 bits per heavy atom. The Morgan fingerprint density at radius 2 is 1.88 bits per heavy atom. The molecule has 1 fully saturated rings. The quantitative estimate of drug-likeness (QED) is 0.574. The lowest BCUT2D eigenvalue weighted by molar-refractivity contribution is 0.541. The van der Waals surface area contributed by atoms with Crippen molar-refractivity contribution < 1.29 is 4.42 Å². The highest BCUT2D eigenvalue weighted by Gasteiger charge is 2.42. The van der Waals surface area contributed by atoms with Crippen LogP contribution in [-0.4, -0.2) is 0 Å². The van der Waals surface area contributed by atoms with E-state index in [4.69, 9.17) is 4.42 Å². The molecule has 4 rings (SSSR count). The maximum Gasteiger partial charge on any atom is 0.134 e. The van der Waals surface area contributed by atoms with E-state index in [1.54, 1.807) is 6.08 Å². The molecule has 1 saturated carbocycles. The van der Waals surface area contributed by atoms with Gasteiger partial charge in [-0.2, -0.15) is 0 Å². The fraction of sp³-hybridized carbons (Fsp3) is 0.304. The fourth-order valence-electron chi connectivity index (χ4n) is 2.99. The monoisotopic (exact) mass is 320 g/mol. The van der Waals surface area contributed by atoms with Crippen molar-refractivity contribution in [3.63, 3.8) is 0 Å². The first-order valence-electron chi connectivity index (χ1n) is 8.86. The van der Waals surface area contributed by atoms with Crippen LogP contribution in [0.1, 0.15) is 61.3 Å². The van der Waals surface area contributed by atoms with Crippen LogP contribution in [0.15, 0.2) is 53.5 Å². The Bertz CT molecular complexity index is 716. The summed E-state index contributed by atoms with van der Waals surface area (Å²) < 4.78 is 5.78. The Labute approximate surface area is 146 Å². The van der Waals surface area contributed by atoms with Gasteiger partial charge in [-0.25, -0.2) is 0 Å². The van der Waals surface area contributed by atoms with E-state index in [0.29, 0.717) is 5.92 Å². The molecule has 126 valence electrons. The second kappa shape index (κ2) is 8.54. The summed E-state index contributed by atoms with van der Waals surface area (Å²) in [4.78, 5) is 0. The molecule has 24 heavy (non-hydrogen) atoms. The predicted octanol–water partition coefficient (Wildman–Crippen LogP) is 7.11. The summed E-state index contributed by atoms with van der Waals surface area (Å²) in [5.41, 5.74) is 3.96. The van der Waals surface area contributed by atoms with E-state index >= 15 is 0 Å². The fourth-order valence-corrected chi connectivity index (χ4v) is 2.99. The summed E-state index contributed by atoms with van der Waals surface area (Å²) >= 11 is 0. The number of fused-ring (bicyclic) bond motifs is 3. The van der Waals surface area contributed by atoms with Crippen molar-refractivity contribution in [2.75, 3.05) is 0 Å². The first-order chi connectivity index (χ1) is 11.7. The minimum absolute atomic E-state index is 0.702. The molecule has 0 saturated heterocycles. The molecule has 2 unspecified atom stereocenters. The maximum absolute atomic E-state index is 5.78. The van der Waals surface area contributed by atoms with Crippen LogP contribution in [0, 0.1) is 12.8 Å². The van der Waals surface area contributed by atoms with E-state index in [-0.39, 0.29) is 0 Å². The molecule has 2 aromatic rings. The molecule has 1 nitrogen and oxygen atoms in total. The maximum atomic E-state index is 5.78. The third kappa shape index (κ3) is 3.97. The number of allylic oxidation sites excluding steroid dienone is 2. The number of rotatable bonds is 2. The SMILES string of the molecule is C=Cc1oc2c(c1/C=C\C)C1CC1C=C2.CC.Cc1ccccc1. The van der Waals surface area contributed by atoms with Crippen molar-refractivity contribution in [1.82, 2.24) is 0 Å². The van der Waals surface area contributed by atoms with Gasteiger partial charge in [0.1, 0.15) is 11.5 Å². The highest BCUT2D eigenvalue weighted by atomic mass is 16.3. The van der Waals surface area contributed by atoms with Gasteiger partial charge in [0.25, 0.3) is 0 Å². The first kappa shape index (κ1) is 18.1. The first-order valence-corrected chi connectivity index (χ1v) is 8.86.